The fourth-order valence-electron chi connectivity index (χ4n) is 2.05. The summed E-state index contributed by atoms with van der Waals surface area (Å²) in [6.07, 6.45) is 0. The van der Waals surface area contributed by atoms with Crippen LogP contribution in [0.25, 0.3) is 0 Å². The SMILES string of the molecule is COc1ccccc1CN(C)S(=O)(=O)c1ccc(C)cc1. The number of para-hydroxylation sites is 1. The zero-order valence-electron chi connectivity index (χ0n) is 12.4. The third-order valence-electron chi connectivity index (χ3n) is 3.31. The van der Waals surface area contributed by atoms with Crippen LogP contribution < -0.4 is 4.74 Å². The first kappa shape index (κ1) is 15.5. The van der Waals surface area contributed by atoms with Gasteiger partial charge in [-0.2, -0.15) is 4.31 Å². The van der Waals surface area contributed by atoms with Crippen LogP contribution in [0.4, 0.5) is 0 Å². The van der Waals surface area contributed by atoms with Gasteiger partial charge in [0.2, 0.25) is 10.0 Å². The zero-order valence-corrected chi connectivity index (χ0v) is 13.2. The topological polar surface area (TPSA) is 46.6 Å². The summed E-state index contributed by atoms with van der Waals surface area (Å²) in [5, 5.41) is 0. The van der Waals surface area contributed by atoms with Crippen LogP contribution in [0.15, 0.2) is 53.4 Å². The molecule has 4 nitrogen and oxygen atoms in total. The molecule has 2 rings (SSSR count). The third kappa shape index (κ3) is 3.43. The fraction of sp³-hybridized carbons (Fsp3) is 0.250. The van der Waals surface area contributed by atoms with Gasteiger partial charge in [0.1, 0.15) is 5.75 Å². The number of hydrogen-bond acceptors (Lipinski definition) is 3. The Morgan fingerprint density at radius 2 is 1.67 bits per heavy atom. The summed E-state index contributed by atoms with van der Waals surface area (Å²) in [7, 11) is -0.353. The quantitative estimate of drug-likeness (QED) is 0.853. The molecule has 0 saturated carbocycles. The lowest BCUT2D eigenvalue weighted by Crippen LogP contribution is -2.26. The Morgan fingerprint density at radius 3 is 2.29 bits per heavy atom. The lowest BCUT2D eigenvalue weighted by Gasteiger charge is -2.18. The molecule has 0 radical (unpaired) electrons. The maximum absolute atomic E-state index is 12.5. The Hall–Kier alpha value is -1.85. The number of hydrogen-bond donors (Lipinski definition) is 0. The van der Waals surface area contributed by atoms with Crippen molar-refractivity contribution in [3.8, 4) is 5.75 Å². The van der Waals surface area contributed by atoms with E-state index in [2.05, 4.69) is 0 Å². The van der Waals surface area contributed by atoms with Crippen LogP contribution in [-0.2, 0) is 16.6 Å². The van der Waals surface area contributed by atoms with Gasteiger partial charge in [0.25, 0.3) is 0 Å². The second-order valence-electron chi connectivity index (χ2n) is 4.89. The number of methoxy groups -OCH3 is 1. The Kier molecular flexibility index (Phi) is 4.65. The van der Waals surface area contributed by atoms with Crippen molar-refractivity contribution in [2.45, 2.75) is 18.4 Å². The van der Waals surface area contributed by atoms with E-state index < -0.39 is 10.0 Å². The molecule has 0 aromatic heterocycles. The maximum Gasteiger partial charge on any atom is 0.243 e. The standard InChI is InChI=1S/C16H19NO3S/c1-13-8-10-15(11-9-13)21(18,19)17(2)12-14-6-4-5-7-16(14)20-3/h4-11H,12H2,1-3H3. The minimum atomic E-state index is -3.50. The Balaban J connectivity index is 2.26. The number of aryl methyl sites for hydroxylation is 1. The van der Waals surface area contributed by atoms with Crippen molar-refractivity contribution in [3.63, 3.8) is 0 Å². The highest BCUT2D eigenvalue weighted by Crippen LogP contribution is 2.22. The first-order chi connectivity index (χ1) is 9.95. The molecule has 0 aliphatic carbocycles. The molecule has 2 aromatic carbocycles. The maximum atomic E-state index is 12.5. The molecule has 0 bridgehead atoms. The van der Waals surface area contributed by atoms with Crippen molar-refractivity contribution in [2.24, 2.45) is 0 Å². The smallest absolute Gasteiger partial charge is 0.243 e. The lowest BCUT2D eigenvalue weighted by molar-refractivity contribution is 0.398. The molecule has 0 fully saturated rings. The van der Waals surface area contributed by atoms with E-state index in [1.54, 1.807) is 38.4 Å². The zero-order chi connectivity index (χ0) is 15.5. The molecular formula is C16H19NO3S. The van der Waals surface area contributed by atoms with Crippen LogP contribution in [0.2, 0.25) is 0 Å². The molecular weight excluding hydrogens is 286 g/mol. The fourth-order valence-corrected chi connectivity index (χ4v) is 3.20. The van der Waals surface area contributed by atoms with Crippen LogP contribution in [0.3, 0.4) is 0 Å². The molecule has 21 heavy (non-hydrogen) atoms. The summed E-state index contributed by atoms with van der Waals surface area (Å²) in [6.45, 7) is 2.19. The van der Waals surface area contributed by atoms with E-state index in [1.165, 1.54) is 4.31 Å². The van der Waals surface area contributed by atoms with Crippen LogP contribution >= 0.6 is 0 Å². The molecule has 0 aliphatic heterocycles. The summed E-state index contributed by atoms with van der Waals surface area (Å²) >= 11 is 0. The Labute approximate surface area is 126 Å². The molecule has 0 heterocycles. The highest BCUT2D eigenvalue weighted by Gasteiger charge is 2.21. The molecule has 0 unspecified atom stereocenters. The minimum Gasteiger partial charge on any atom is -0.496 e. The van der Waals surface area contributed by atoms with Crippen molar-refractivity contribution in [3.05, 3.63) is 59.7 Å². The molecule has 2 aromatic rings. The number of nitrogens with zero attached hydrogens (tertiary/aromatic N) is 1. The van der Waals surface area contributed by atoms with Gasteiger partial charge in [0.15, 0.2) is 0 Å². The van der Waals surface area contributed by atoms with Crippen molar-refractivity contribution in [1.29, 1.82) is 0 Å². The number of benzene rings is 2. The Bertz CT molecular complexity index is 709. The van der Waals surface area contributed by atoms with Gasteiger partial charge in [-0.05, 0) is 25.1 Å². The van der Waals surface area contributed by atoms with E-state index in [1.807, 2.05) is 31.2 Å². The first-order valence-corrected chi connectivity index (χ1v) is 8.04. The van der Waals surface area contributed by atoms with Gasteiger partial charge in [-0.3, -0.25) is 0 Å². The first-order valence-electron chi connectivity index (χ1n) is 6.60. The molecule has 112 valence electrons. The van der Waals surface area contributed by atoms with Gasteiger partial charge in [-0.1, -0.05) is 35.9 Å². The van der Waals surface area contributed by atoms with Gasteiger partial charge in [0.05, 0.1) is 12.0 Å². The molecule has 0 spiro atoms. The van der Waals surface area contributed by atoms with Crippen molar-refractivity contribution >= 4 is 10.0 Å². The highest BCUT2D eigenvalue weighted by molar-refractivity contribution is 7.89. The Morgan fingerprint density at radius 1 is 1.05 bits per heavy atom. The molecule has 0 saturated heterocycles. The average molecular weight is 305 g/mol. The molecule has 5 heteroatoms. The van der Waals surface area contributed by atoms with Crippen LogP contribution in [0.5, 0.6) is 5.75 Å². The van der Waals surface area contributed by atoms with Crippen LogP contribution in [0, 0.1) is 6.92 Å². The van der Waals surface area contributed by atoms with Crippen molar-refractivity contribution in [1.82, 2.24) is 4.31 Å². The normalized spacial score (nSPS) is 11.6. The molecule has 0 aliphatic rings. The second kappa shape index (κ2) is 6.28. The van der Waals surface area contributed by atoms with E-state index in [0.717, 1.165) is 11.1 Å². The summed E-state index contributed by atoms with van der Waals surface area (Å²) in [5.41, 5.74) is 1.86. The summed E-state index contributed by atoms with van der Waals surface area (Å²) in [6, 6.07) is 14.3. The molecule has 0 amide bonds. The van der Waals surface area contributed by atoms with Crippen molar-refractivity contribution < 1.29 is 13.2 Å². The van der Waals surface area contributed by atoms with E-state index in [-0.39, 0.29) is 6.54 Å². The monoisotopic (exact) mass is 305 g/mol. The average Bonchev–Trinajstić information content (AvgIpc) is 2.48. The van der Waals surface area contributed by atoms with Gasteiger partial charge in [0, 0.05) is 19.2 Å². The largest absolute Gasteiger partial charge is 0.496 e. The second-order valence-corrected chi connectivity index (χ2v) is 6.93. The summed E-state index contributed by atoms with van der Waals surface area (Å²) in [4.78, 5) is 0.297. The van der Waals surface area contributed by atoms with Gasteiger partial charge in [-0.15, -0.1) is 0 Å². The van der Waals surface area contributed by atoms with Crippen LogP contribution in [0.1, 0.15) is 11.1 Å². The minimum absolute atomic E-state index is 0.264. The van der Waals surface area contributed by atoms with E-state index >= 15 is 0 Å². The van der Waals surface area contributed by atoms with Crippen molar-refractivity contribution in [2.75, 3.05) is 14.2 Å². The molecule has 0 N–H and O–H groups in total. The highest BCUT2D eigenvalue weighted by atomic mass is 32.2. The number of rotatable bonds is 5. The van der Waals surface area contributed by atoms with Crippen LogP contribution in [-0.4, -0.2) is 26.9 Å². The number of ether oxygens (including phenoxy) is 1. The van der Waals surface area contributed by atoms with Gasteiger partial charge in [-0.25, -0.2) is 8.42 Å². The molecule has 0 atom stereocenters. The van der Waals surface area contributed by atoms with E-state index in [0.29, 0.717) is 10.6 Å². The summed E-state index contributed by atoms with van der Waals surface area (Å²) < 4.78 is 31.7. The van der Waals surface area contributed by atoms with Gasteiger partial charge >= 0.3 is 0 Å². The predicted octanol–water partition coefficient (Wildman–Crippen LogP) is 2.82. The van der Waals surface area contributed by atoms with E-state index in [9.17, 15) is 8.42 Å². The lowest BCUT2D eigenvalue weighted by atomic mass is 10.2. The summed E-state index contributed by atoms with van der Waals surface area (Å²) in [5.74, 6) is 0.684. The number of sulfonamides is 1. The van der Waals surface area contributed by atoms with Gasteiger partial charge < -0.3 is 4.74 Å². The third-order valence-corrected chi connectivity index (χ3v) is 5.13. The predicted molar refractivity (Wildman–Crippen MR) is 82.8 cm³/mol. The van der Waals surface area contributed by atoms with E-state index in [4.69, 9.17) is 4.74 Å².